The lowest BCUT2D eigenvalue weighted by Gasteiger charge is -2.07. The first-order valence-electron chi connectivity index (χ1n) is 5.58. The van der Waals surface area contributed by atoms with Crippen molar-refractivity contribution in [3.05, 3.63) is 70.5 Å². The molecule has 0 aliphatic carbocycles. The highest BCUT2D eigenvalue weighted by Crippen LogP contribution is 2.18. The van der Waals surface area contributed by atoms with Crippen LogP contribution in [0, 0.1) is 5.82 Å². The average molecular weight is 280 g/mol. The third kappa shape index (κ3) is 3.53. The van der Waals surface area contributed by atoms with E-state index >= 15 is 0 Å². The Morgan fingerprint density at radius 2 is 1.89 bits per heavy atom. The van der Waals surface area contributed by atoms with Crippen LogP contribution in [0.15, 0.2) is 48.5 Å². The van der Waals surface area contributed by atoms with Crippen molar-refractivity contribution in [1.29, 1.82) is 0 Å². The number of nitrogens with one attached hydrogen (secondary N) is 1. The van der Waals surface area contributed by atoms with Gasteiger partial charge in [0.1, 0.15) is 5.82 Å². The number of amides is 1. The molecule has 19 heavy (non-hydrogen) atoms. The minimum Gasteiger partial charge on any atom is -0.269 e. The summed E-state index contributed by atoms with van der Waals surface area (Å²) in [6.45, 7) is 0.193. The fourth-order valence-corrected chi connectivity index (χ4v) is 1.77. The molecular weight excluding hydrogens is 269 g/mol. The number of benzene rings is 2. The largest absolute Gasteiger partial charge is 0.279 e. The zero-order valence-electron chi connectivity index (χ0n) is 9.90. The lowest BCUT2D eigenvalue weighted by atomic mass is 10.2. The molecule has 0 bridgehead atoms. The monoisotopic (exact) mass is 279 g/mol. The summed E-state index contributed by atoms with van der Waals surface area (Å²) in [5, 5.41) is 0.0424. The second kappa shape index (κ2) is 6.31. The van der Waals surface area contributed by atoms with Gasteiger partial charge in [0.25, 0.3) is 5.91 Å². The molecule has 0 fully saturated rings. The van der Waals surface area contributed by atoms with E-state index in [1.54, 1.807) is 0 Å². The summed E-state index contributed by atoms with van der Waals surface area (Å²) in [4.78, 5) is 16.7. The van der Waals surface area contributed by atoms with Gasteiger partial charge in [-0.05, 0) is 17.7 Å². The van der Waals surface area contributed by atoms with Gasteiger partial charge in [-0.25, -0.2) is 9.87 Å². The Labute approximate surface area is 114 Å². The van der Waals surface area contributed by atoms with E-state index in [0.717, 1.165) is 11.6 Å². The summed E-state index contributed by atoms with van der Waals surface area (Å²) in [5.74, 6) is -1.40. The minimum absolute atomic E-state index is 0.0424. The minimum atomic E-state index is -0.709. The van der Waals surface area contributed by atoms with E-state index < -0.39 is 11.7 Å². The molecule has 0 heterocycles. The first-order chi connectivity index (χ1) is 9.18. The molecule has 0 aliphatic rings. The molecule has 0 saturated heterocycles. The summed E-state index contributed by atoms with van der Waals surface area (Å²) in [6, 6.07) is 13.3. The van der Waals surface area contributed by atoms with Gasteiger partial charge in [-0.3, -0.25) is 9.63 Å². The van der Waals surface area contributed by atoms with E-state index in [2.05, 4.69) is 5.48 Å². The molecule has 0 aliphatic heterocycles. The molecule has 98 valence electrons. The molecule has 1 N–H and O–H groups in total. The first kappa shape index (κ1) is 13.5. The Bertz CT molecular complexity index is 555. The van der Waals surface area contributed by atoms with Gasteiger partial charge in [0, 0.05) is 0 Å². The average Bonchev–Trinajstić information content (AvgIpc) is 2.40. The van der Waals surface area contributed by atoms with Crippen LogP contribution in [0.3, 0.4) is 0 Å². The number of hydroxylamine groups is 1. The van der Waals surface area contributed by atoms with Crippen LogP contribution in [-0.2, 0) is 11.4 Å². The molecule has 5 heteroatoms. The first-order valence-corrected chi connectivity index (χ1v) is 5.96. The highest BCUT2D eigenvalue weighted by molar-refractivity contribution is 6.33. The zero-order chi connectivity index (χ0) is 13.7. The van der Waals surface area contributed by atoms with Gasteiger partial charge >= 0.3 is 0 Å². The smallest absolute Gasteiger partial charge is 0.269 e. The van der Waals surface area contributed by atoms with Crippen LogP contribution >= 0.6 is 11.6 Å². The Kier molecular flexibility index (Phi) is 4.49. The maximum absolute atomic E-state index is 13.5. The van der Waals surface area contributed by atoms with Crippen LogP contribution in [-0.4, -0.2) is 5.91 Å². The highest BCUT2D eigenvalue weighted by atomic mass is 35.5. The molecule has 3 nitrogen and oxygen atoms in total. The van der Waals surface area contributed by atoms with Crippen LogP contribution in [0.4, 0.5) is 4.39 Å². The number of hydrogen-bond donors (Lipinski definition) is 1. The lowest BCUT2D eigenvalue weighted by Crippen LogP contribution is -2.24. The SMILES string of the molecule is O=C(NOCc1ccccc1)c1c(F)cccc1Cl. The van der Waals surface area contributed by atoms with Gasteiger partial charge in [-0.2, -0.15) is 0 Å². The molecule has 0 atom stereocenters. The van der Waals surface area contributed by atoms with Crippen molar-refractivity contribution in [3.63, 3.8) is 0 Å². The number of rotatable bonds is 4. The van der Waals surface area contributed by atoms with E-state index in [1.165, 1.54) is 12.1 Å². The van der Waals surface area contributed by atoms with Crippen LogP contribution in [0.1, 0.15) is 15.9 Å². The van der Waals surface area contributed by atoms with Crippen molar-refractivity contribution < 1.29 is 14.0 Å². The van der Waals surface area contributed by atoms with Crippen molar-refractivity contribution in [1.82, 2.24) is 5.48 Å². The molecule has 1 amide bonds. The Balaban J connectivity index is 1.95. The lowest BCUT2D eigenvalue weighted by molar-refractivity contribution is 0.0230. The van der Waals surface area contributed by atoms with Crippen LogP contribution in [0.25, 0.3) is 0 Å². The summed E-state index contributed by atoms with van der Waals surface area (Å²) in [6.07, 6.45) is 0. The van der Waals surface area contributed by atoms with E-state index in [4.69, 9.17) is 16.4 Å². The fraction of sp³-hybridized carbons (Fsp3) is 0.0714. The summed E-state index contributed by atoms with van der Waals surface area (Å²) < 4.78 is 13.5. The van der Waals surface area contributed by atoms with Gasteiger partial charge in [-0.15, -0.1) is 0 Å². The molecular formula is C14H11ClFNO2. The fourth-order valence-electron chi connectivity index (χ4n) is 1.52. The molecule has 0 saturated carbocycles. The van der Waals surface area contributed by atoms with Crippen molar-refractivity contribution in [2.75, 3.05) is 0 Å². The maximum Gasteiger partial charge on any atom is 0.279 e. The van der Waals surface area contributed by atoms with Crippen molar-refractivity contribution in [2.45, 2.75) is 6.61 Å². The van der Waals surface area contributed by atoms with Gasteiger partial charge < -0.3 is 0 Å². The van der Waals surface area contributed by atoms with Crippen molar-refractivity contribution in [3.8, 4) is 0 Å². The van der Waals surface area contributed by atoms with E-state index in [0.29, 0.717) is 0 Å². The second-order valence-electron chi connectivity index (χ2n) is 3.80. The highest BCUT2D eigenvalue weighted by Gasteiger charge is 2.15. The van der Waals surface area contributed by atoms with Gasteiger partial charge in [0.05, 0.1) is 17.2 Å². The normalized spacial score (nSPS) is 10.2. The second-order valence-corrected chi connectivity index (χ2v) is 4.21. The standard InChI is InChI=1S/C14H11ClFNO2/c15-11-7-4-8-12(16)13(11)14(18)17-19-9-10-5-2-1-3-6-10/h1-8H,9H2,(H,17,18). The Morgan fingerprint density at radius 1 is 1.16 bits per heavy atom. The molecule has 0 spiro atoms. The molecule has 0 radical (unpaired) electrons. The topological polar surface area (TPSA) is 38.3 Å². The summed E-state index contributed by atoms with van der Waals surface area (Å²) in [5.41, 5.74) is 2.83. The van der Waals surface area contributed by atoms with E-state index in [-0.39, 0.29) is 17.2 Å². The van der Waals surface area contributed by atoms with Crippen molar-refractivity contribution in [2.24, 2.45) is 0 Å². The molecule has 2 aromatic carbocycles. The van der Waals surface area contributed by atoms with E-state index in [9.17, 15) is 9.18 Å². The summed E-state index contributed by atoms with van der Waals surface area (Å²) in [7, 11) is 0. The molecule has 0 unspecified atom stereocenters. The van der Waals surface area contributed by atoms with Crippen LogP contribution in [0.5, 0.6) is 0 Å². The predicted molar refractivity (Wildman–Crippen MR) is 70.1 cm³/mol. The molecule has 2 aromatic rings. The molecule has 2 rings (SSSR count). The quantitative estimate of drug-likeness (QED) is 0.872. The van der Waals surface area contributed by atoms with Gasteiger partial charge in [-0.1, -0.05) is 48.0 Å². The molecule has 0 aromatic heterocycles. The van der Waals surface area contributed by atoms with E-state index in [1.807, 2.05) is 30.3 Å². The van der Waals surface area contributed by atoms with Crippen molar-refractivity contribution >= 4 is 17.5 Å². The predicted octanol–water partition coefficient (Wildman–Crippen LogP) is 3.34. The number of carbonyl (C=O) groups excluding carboxylic acids is 1. The third-order valence-corrected chi connectivity index (χ3v) is 2.75. The number of carbonyl (C=O) groups is 1. The number of halogens is 2. The van der Waals surface area contributed by atoms with Gasteiger partial charge in [0.2, 0.25) is 0 Å². The third-order valence-electron chi connectivity index (χ3n) is 2.44. The zero-order valence-corrected chi connectivity index (χ0v) is 10.7. The summed E-state index contributed by atoms with van der Waals surface area (Å²) >= 11 is 5.76. The van der Waals surface area contributed by atoms with Crippen LogP contribution in [0.2, 0.25) is 5.02 Å². The Hall–Kier alpha value is -1.91. The van der Waals surface area contributed by atoms with Crippen LogP contribution < -0.4 is 5.48 Å². The van der Waals surface area contributed by atoms with Gasteiger partial charge in [0.15, 0.2) is 0 Å². The number of hydrogen-bond acceptors (Lipinski definition) is 2. The maximum atomic E-state index is 13.5. The Morgan fingerprint density at radius 3 is 2.58 bits per heavy atom.